The summed E-state index contributed by atoms with van der Waals surface area (Å²) in [5, 5.41) is 15.1. The van der Waals surface area contributed by atoms with Gasteiger partial charge in [-0.25, -0.2) is 0 Å². The third-order valence-corrected chi connectivity index (χ3v) is 5.91. The largest absolute Gasteiger partial charge is 0.377 e. The van der Waals surface area contributed by atoms with Gasteiger partial charge in [0.05, 0.1) is 11.0 Å². The van der Waals surface area contributed by atoms with Crippen molar-refractivity contribution < 1.29 is 4.92 Å². The van der Waals surface area contributed by atoms with Crippen LogP contribution in [0.5, 0.6) is 0 Å². The van der Waals surface area contributed by atoms with Crippen LogP contribution >= 0.6 is 0 Å². The minimum atomic E-state index is -0.290. The maximum atomic E-state index is 11.3. The van der Waals surface area contributed by atoms with Crippen molar-refractivity contribution in [1.29, 1.82) is 0 Å². The van der Waals surface area contributed by atoms with Crippen LogP contribution in [0.25, 0.3) is 0 Å². The van der Waals surface area contributed by atoms with Gasteiger partial charge in [0.15, 0.2) is 0 Å². The first-order chi connectivity index (χ1) is 12.4. The molecule has 4 nitrogen and oxygen atoms in total. The van der Waals surface area contributed by atoms with E-state index in [1.165, 1.54) is 22.3 Å². The molecule has 3 atom stereocenters. The fraction of sp³-hybridized carbons (Fsp3) is 0.364. The predicted octanol–water partition coefficient (Wildman–Crippen LogP) is 5.65. The van der Waals surface area contributed by atoms with Crippen LogP contribution in [0.1, 0.15) is 51.8 Å². The Labute approximate surface area is 154 Å². The third kappa shape index (κ3) is 2.52. The fourth-order valence-electron chi connectivity index (χ4n) is 4.94. The van der Waals surface area contributed by atoms with Gasteiger partial charge in [0.1, 0.15) is 0 Å². The minimum Gasteiger partial charge on any atom is -0.377 e. The highest BCUT2D eigenvalue weighted by atomic mass is 16.6. The number of anilines is 1. The molecule has 0 spiro atoms. The molecule has 134 valence electrons. The summed E-state index contributed by atoms with van der Waals surface area (Å²) in [4.78, 5) is 11.0. The predicted molar refractivity (Wildman–Crippen MR) is 105 cm³/mol. The van der Waals surface area contributed by atoms with Gasteiger partial charge in [-0.2, -0.15) is 0 Å². The lowest BCUT2D eigenvalue weighted by molar-refractivity contribution is -0.385. The van der Waals surface area contributed by atoms with E-state index in [0.29, 0.717) is 5.92 Å². The molecular weight excluding hydrogens is 324 g/mol. The van der Waals surface area contributed by atoms with Gasteiger partial charge in [-0.05, 0) is 67.9 Å². The summed E-state index contributed by atoms with van der Waals surface area (Å²) in [5.41, 5.74) is 8.54. The summed E-state index contributed by atoms with van der Waals surface area (Å²) >= 11 is 0. The second-order valence-electron chi connectivity index (χ2n) is 7.77. The average Bonchev–Trinajstić information content (AvgIpc) is 3.04. The number of hydrogen-bond donors (Lipinski definition) is 1. The SMILES string of the molecule is Cc1cc(C)c(C2Nc3c(C)cc([N+](=O)[O-])cc3C3C=CCC32)c(C)c1. The number of nitrogens with one attached hydrogen (secondary N) is 1. The second kappa shape index (κ2) is 5.97. The van der Waals surface area contributed by atoms with E-state index in [4.69, 9.17) is 0 Å². The van der Waals surface area contributed by atoms with Crippen LogP contribution in [0.15, 0.2) is 36.4 Å². The zero-order valence-corrected chi connectivity index (χ0v) is 15.7. The van der Waals surface area contributed by atoms with Crippen molar-refractivity contribution in [3.8, 4) is 0 Å². The molecule has 0 saturated heterocycles. The Morgan fingerprint density at radius 2 is 1.73 bits per heavy atom. The highest BCUT2D eigenvalue weighted by molar-refractivity contribution is 5.67. The number of hydrogen-bond acceptors (Lipinski definition) is 3. The maximum Gasteiger partial charge on any atom is 0.270 e. The molecule has 2 aromatic rings. The first kappa shape index (κ1) is 16.8. The number of benzene rings is 2. The summed E-state index contributed by atoms with van der Waals surface area (Å²) < 4.78 is 0. The summed E-state index contributed by atoms with van der Waals surface area (Å²) in [7, 11) is 0. The van der Waals surface area contributed by atoms with Gasteiger partial charge in [0, 0.05) is 23.7 Å². The van der Waals surface area contributed by atoms with E-state index >= 15 is 0 Å². The van der Waals surface area contributed by atoms with Crippen molar-refractivity contribution >= 4 is 11.4 Å². The molecule has 4 rings (SSSR count). The van der Waals surface area contributed by atoms with Gasteiger partial charge in [-0.15, -0.1) is 0 Å². The molecule has 2 aliphatic rings. The first-order valence-corrected chi connectivity index (χ1v) is 9.16. The number of fused-ring (bicyclic) bond motifs is 3. The smallest absolute Gasteiger partial charge is 0.270 e. The Morgan fingerprint density at radius 3 is 2.38 bits per heavy atom. The lowest BCUT2D eigenvalue weighted by Crippen LogP contribution is -2.30. The molecule has 3 unspecified atom stereocenters. The molecular formula is C22H24N2O2. The zero-order chi connectivity index (χ0) is 18.6. The van der Waals surface area contributed by atoms with E-state index in [2.05, 4.69) is 50.4 Å². The fourth-order valence-corrected chi connectivity index (χ4v) is 4.94. The van der Waals surface area contributed by atoms with Gasteiger partial charge < -0.3 is 5.32 Å². The van der Waals surface area contributed by atoms with Crippen molar-refractivity contribution in [3.63, 3.8) is 0 Å². The molecule has 2 aromatic carbocycles. The molecule has 1 N–H and O–H groups in total. The Hall–Kier alpha value is -2.62. The molecule has 0 saturated carbocycles. The number of allylic oxidation sites excluding steroid dienone is 2. The Balaban J connectivity index is 1.87. The molecule has 26 heavy (non-hydrogen) atoms. The topological polar surface area (TPSA) is 55.2 Å². The molecule has 4 heteroatoms. The van der Waals surface area contributed by atoms with Gasteiger partial charge in [0.2, 0.25) is 0 Å². The summed E-state index contributed by atoms with van der Waals surface area (Å²) in [6.45, 7) is 8.47. The van der Waals surface area contributed by atoms with Crippen LogP contribution < -0.4 is 5.32 Å². The van der Waals surface area contributed by atoms with Crippen molar-refractivity contribution in [2.24, 2.45) is 5.92 Å². The molecule has 1 heterocycles. The van der Waals surface area contributed by atoms with Crippen LogP contribution in [0.3, 0.4) is 0 Å². The number of nitrogens with zero attached hydrogens (tertiary/aromatic N) is 1. The van der Waals surface area contributed by atoms with Gasteiger partial charge in [-0.1, -0.05) is 29.8 Å². The van der Waals surface area contributed by atoms with Crippen LogP contribution in [0.4, 0.5) is 11.4 Å². The van der Waals surface area contributed by atoms with E-state index in [0.717, 1.165) is 23.2 Å². The Kier molecular flexibility index (Phi) is 3.87. The van der Waals surface area contributed by atoms with E-state index in [1.807, 2.05) is 6.92 Å². The molecule has 1 aliphatic heterocycles. The summed E-state index contributed by atoms with van der Waals surface area (Å²) in [6.07, 6.45) is 5.46. The van der Waals surface area contributed by atoms with E-state index in [9.17, 15) is 10.1 Å². The van der Waals surface area contributed by atoms with Crippen LogP contribution in [0.2, 0.25) is 0 Å². The lowest BCUT2D eigenvalue weighted by Gasteiger charge is -2.39. The Bertz CT molecular complexity index is 922. The standard InChI is InChI=1S/C22H24N2O2/c1-12-8-13(2)20(14(3)9-12)22-18-7-5-6-17(18)19-11-16(24(25)26)10-15(4)21(19)23-22/h5-6,8-11,17-18,22-23H,7H2,1-4H3. The molecule has 0 aromatic heterocycles. The van der Waals surface area contributed by atoms with Crippen molar-refractivity contribution in [3.05, 3.63) is 79.9 Å². The highest BCUT2D eigenvalue weighted by Gasteiger charge is 2.40. The number of non-ortho nitro benzene ring substituents is 1. The lowest BCUT2D eigenvalue weighted by atomic mass is 9.74. The van der Waals surface area contributed by atoms with Crippen molar-refractivity contribution in [1.82, 2.24) is 0 Å². The average molecular weight is 348 g/mol. The molecule has 0 radical (unpaired) electrons. The van der Waals surface area contributed by atoms with Crippen molar-refractivity contribution in [2.75, 3.05) is 5.32 Å². The summed E-state index contributed by atoms with van der Waals surface area (Å²) in [6, 6.07) is 8.16. The number of rotatable bonds is 2. The third-order valence-electron chi connectivity index (χ3n) is 5.91. The minimum absolute atomic E-state index is 0.184. The summed E-state index contributed by atoms with van der Waals surface area (Å²) in [5.74, 6) is 0.624. The second-order valence-corrected chi connectivity index (χ2v) is 7.77. The number of aryl methyl sites for hydroxylation is 4. The number of nitro groups is 1. The first-order valence-electron chi connectivity index (χ1n) is 9.16. The van der Waals surface area contributed by atoms with E-state index in [-0.39, 0.29) is 22.6 Å². The Morgan fingerprint density at radius 1 is 1.04 bits per heavy atom. The normalized spacial score (nSPS) is 23.3. The van der Waals surface area contributed by atoms with E-state index in [1.54, 1.807) is 12.1 Å². The molecule has 0 bridgehead atoms. The quantitative estimate of drug-likeness (QED) is 0.433. The monoisotopic (exact) mass is 348 g/mol. The van der Waals surface area contributed by atoms with Crippen LogP contribution in [-0.4, -0.2) is 4.92 Å². The van der Waals surface area contributed by atoms with Gasteiger partial charge in [-0.3, -0.25) is 10.1 Å². The van der Waals surface area contributed by atoms with Gasteiger partial charge in [0.25, 0.3) is 5.69 Å². The maximum absolute atomic E-state index is 11.3. The molecule has 1 aliphatic carbocycles. The van der Waals surface area contributed by atoms with E-state index < -0.39 is 0 Å². The molecule has 0 fully saturated rings. The van der Waals surface area contributed by atoms with Crippen molar-refractivity contribution in [2.45, 2.75) is 46.1 Å². The highest BCUT2D eigenvalue weighted by Crippen LogP contribution is 2.52. The van der Waals surface area contributed by atoms with Crippen LogP contribution in [0, 0.1) is 43.7 Å². The van der Waals surface area contributed by atoms with Gasteiger partial charge >= 0.3 is 0 Å². The van der Waals surface area contributed by atoms with Crippen LogP contribution in [-0.2, 0) is 0 Å². The zero-order valence-electron chi connectivity index (χ0n) is 15.7. The number of nitro benzene ring substituents is 1. The molecule has 0 amide bonds.